The predicted molar refractivity (Wildman–Crippen MR) is 82.8 cm³/mol. The number of aliphatic hydroxyl groups is 1. The molecule has 168 valence electrons. The molecule has 2 rings (SSSR count). The van der Waals surface area contributed by atoms with Gasteiger partial charge in [-0.1, -0.05) is 11.6 Å². The van der Waals surface area contributed by atoms with Crippen LogP contribution in [0.25, 0.3) is 11.3 Å². The Morgan fingerprint density at radius 2 is 1.73 bits per heavy atom. The van der Waals surface area contributed by atoms with Crippen molar-refractivity contribution in [2.24, 2.45) is 0 Å². The standard InChI is InChI=1S/C12H8F2NO.C5H2F6O2.Pt/c1-16-9-4-5-15-12(7-9)10-3-2-8(13)6-11(10)14;6-4(7,8)2(12)1-3(13)5(9,10)11;/h2,4-7H,1H3;1,12H;/q-1;;/b;2-1-;. The first-order valence-corrected chi connectivity index (χ1v) is 7.22. The smallest absolute Gasteiger partial charge is 0.454 e. The predicted octanol–water partition coefficient (Wildman–Crippen LogP) is 4.96. The van der Waals surface area contributed by atoms with Gasteiger partial charge in [0.2, 0.25) is 5.76 Å². The van der Waals surface area contributed by atoms with Crippen molar-refractivity contribution in [1.82, 2.24) is 4.98 Å². The van der Waals surface area contributed by atoms with E-state index in [0.29, 0.717) is 11.4 Å². The molecule has 30 heavy (non-hydrogen) atoms. The third kappa shape index (κ3) is 8.48. The first-order valence-electron chi connectivity index (χ1n) is 7.22. The Hall–Kier alpha value is -2.49. The number of allylic oxidation sites excluding steroid dienone is 2. The second-order valence-electron chi connectivity index (χ2n) is 5.01. The molecule has 0 spiro atoms. The molecule has 1 aromatic heterocycles. The van der Waals surface area contributed by atoms with E-state index >= 15 is 0 Å². The maximum Gasteiger partial charge on any atom is 0.454 e. The molecule has 0 fully saturated rings. The molecule has 1 N–H and O–H groups in total. The molecular weight excluding hydrogens is 613 g/mol. The number of hydrogen-bond acceptors (Lipinski definition) is 4. The average Bonchev–Trinajstić information content (AvgIpc) is 2.60. The summed E-state index contributed by atoms with van der Waals surface area (Å²) in [4.78, 5) is 13.8. The van der Waals surface area contributed by atoms with Gasteiger partial charge in [0.25, 0.3) is 5.78 Å². The Balaban J connectivity index is 0.000000557. The number of halogens is 8. The van der Waals surface area contributed by atoms with Gasteiger partial charge in [0.05, 0.1) is 7.11 Å². The molecule has 2 aromatic rings. The quantitative estimate of drug-likeness (QED) is 0.228. The van der Waals surface area contributed by atoms with E-state index in [9.17, 15) is 39.9 Å². The molecule has 0 bridgehead atoms. The maximum absolute atomic E-state index is 13.4. The number of methoxy groups -OCH3 is 1. The normalized spacial score (nSPS) is 11.7. The van der Waals surface area contributed by atoms with Crippen molar-refractivity contribution < 1.29 is 70.8 Å². The molecule has 0 aliphatic carbocycles. The fourth-order valence-corrected chi connectivity index (χ4v) is 1.60. The molecule has 0 saturated carbocycles. The van der Waals surface area contributed by atoms with Crippen LogP contribution in [-0.4, -0.2) is 35.3 Å². The number of ketones is 1. The molecule has 0 saturated heterocycles. The van der Waals surface area contributed by atoms with E-state index in [1.165, 1.54) is 13.3 Å². The topological polar surface area (TPSA) is 59.4 Å². The van der Waals surface area contributed by atoms with Crippen LogP contribution in [-0.2, 0) is 25.9 Å². The Morgan fingerprint density at radius 1 is 1.13 bits per heavy atom. The summed E-state index contributed by atoms with van der Waals surface area (Å²) < 4.78 is 99.2. The van der Waals surface area contributed by atoms with Crippen molar-refractivity contribution in [1.29, 1.82) is 0 Å². The van der Waals surface area contributed by atoms with Gasteiger partial charge < -0.3 is 14.8 Å². The Bertz CT molecular complexity index is 897. The molecule has 4 nitrogen and oxygen atoms in total. The maximum atomic E-state index is 13.4. The van der Waals surface area contributed by atoms with Crippen LogP contribution in [0.15, 0.2) is 42.3 Å². The van der Waals surface area contributed by atoms with Gasteiger partial charge in [-0.15, -0.1) is 12.1 Å². The van der Waals surface area contributed by atoms with E-state index in [-0.39, 0.29) is 26.6 Å². The van der Waals surface area contributed by atoms with Gasteiger partial charge in [-0.2, -0.15) is 26.3 Å². The van der Waals surface area contributed by atoms with Crippen LogP contribution in [0.1, 0.15) is 0 Å². The largest absolute Gasteiger partial charge is 0.504 e. The van der Waals surface area contributed by atoms with Crippen LogP contribution in [0.2, 0.25) is 0 Å². The minimum atomic E-state index is -5.42. The minimum Gasteiger partial charge on any atom is -0.504 e. The zero-order chi connectivity index (χ0) is 22.4. The van der Waals surface area contributed by atoms with Gasteiger partial charge in [-0.25, -0.2) is 0 Å². The third-order valence-corrected chi connectivity index (χ3v) is 2.92. The number of ether oxygens (including phenoxy) is 1. The van der Waals surface area contributed by atoms with Crippen LogP contribution >= 0.6 is 0 Å². The second-order valence-corrected chi connectivity index (χ2v) is 5.01. The fourth-order valence-electron chi connectivity index (χ4n) is 1.60. The molecule has 13 heteroatoms. The van der Waals surface area contributed by atoms with Crippen molar-refractivity contribution >= 4 is 5.78 Å². The van der Waals surface area contributed by atoms with Gasteiger partial charge in [0.1, 0.15) is 5.75 Å². The summed E-state index contributed by atoms with van der Waals surface area (Å²) in [6.07, 6.45) is -10.2. The molecular formula is C17H10F8NO3Pt-. The monoisotopic (exact) mass is 623 g/mol. The zero-order valence-corrected chi connectivity index (χ0v) is 16.8. The number of pyridine rings is 1. The summed E-state index contributed by atoms with van der Waals surface area (Å²) in [5.41, 5.74) is 0.483. The van der Waals surface area contributed by atoms with Crippen LogP contribution in [0.5, 0.6) is 5.75 Å². The first-order chi connectivity index (χ1) is 13.3. The van der Waals surface area contributed by atoms with Crippen molar-refractivity contribution in [2.75, 3.05) is 7.11 Å². The van der Waals surface area contributed by atoms with E-state index in [2.05, 4.69) is 11.1 Å². The Kier molecular flexibility index (Phi) is 10.1. The molecule has 0 aliphatic rings. The number of hydrogen-bond donors (Lipinski definition) is 1. The van der Waals surface area contributed by atoms with Crippen LogP contribution in [0, 0.1) is 17.7 Å². The number of nitrogens with zero attached hydrogens (tertiary/aromatic N) is 1. The average molecular weight is 623 g/mol. The van der Waals surface area contributed by atoms with Crippen LogP contribution in [0.4, 0.5) is 35.1 Å². The van der Waals surface area contributed by atoms with E-state index in [1.807, 2.05) is 0 Å². The zero-order valence-electron chi connectivity index (χ0n) is 14.5. The molecule has 0 radical (unpaired) electrons. The van der Waals surface area contributed by atoms with Gasteiger partial charge in [0.15, 0.2) is 0 Å². The van der Waals surface area contributed by atoms with Crippen molar-refractivity contribution in [3.63, 3.8) is 0 Å². The number of aromatic nitrogens is 1. The van der Waals surface area contributed by atoms with E-state index in [0.717, 1.165) is 12.1 Å². The summed E-state index contributed by atoms with van der Waals surface area (Å²) in [6, 6.07) is 7.58. The van der Waals surface area contributed by atoms with Crippen LogP contribution < -0.4 is 4.74 Å². The first kappa shape index (κ1) is 27.5. The number of carbonyl (C=O) groups excluding carboxylic acids is 1. The summed E-state index contributed by atoms with van der Waals surface area (Å²) >= 11 is 0. The van der Waals surface area contributed by atoms with Crippen molar-refractivity contribution in [2.45, 2.75) is 12.4 Å². The van der Waals surface area contributed by atoms with Crippen molar-refractivity contribution in [3.8, 4) is 17.0 Å². The Morgan fingerprint density at radius 3 is 2.20 bits per heavy atom. The fraction of sp³-hybridized carbons (Fsp3) is 0.176. The van der Waals surface area contributed by atoms with E-state index in [1.54, 1.807) is 12.1 Å². The molecule has 0 amide bonds. The van der Waals surface area contributed by atoms with Gasteiger partial charge >= 0.3 is 12.4 Å². The van der Waals surface area contributed by atoms with Crippen LogP contribution in [0.3, 0.4) is 0 Å². The molecule has 0 aliphatic heterocycles. The summed E-state index contributed by atoms with van der Waals surface area (Å²) in [5.74, 6) is -6.14. The number of aliphatic hydroxyl groups excluding tert-OH is 1. The summed E-state index contributed by atoms with van der Waals surface area (Å²) in [6.45, 7) is 0. The van der Waals surface area contributed by atoms with Gasteiger partial charge in [-0.05, 0) is 17.8 Å². The minimum absolute atomic E-state index is 0. The molecule has 0 unspecified atom stereocenters. The van der Waals surface area contributed by atoms with Gasteiger partial charge in [-0.3, -0.25) is 13.6 Å². The number of benzene rings is 1. The number of alkyl halides is 6. The summed E-state index contributed by atoms with van der Waals surface area (Å²) in [5, 5.41) is 7.93. The van der Waals surface area contributed by atoms with Gasteiger partial charge in [0, 0.05) is 45.0 Å². The number of rotatable bonds is 3. The van der Waals surface area contributed by atoms with E-state index < -0.39 is 41.6 Å². The molecule has 1 heterocycles. The Labute approximate surface area is 178 Å². The molecule has 0 atom stereocenters. The summed E-state index contributed by atoms with van der Waals surface area (Å²) in [7, 11) is 1.50. The SMILES string of the molecule is COc1ccnc(-c2[c-]cc(F)cc2F)c1.O=C(/C=C(\O)C(F)(F)F)C(F)(F)F.[Pt]. The second kappa shape index (κ2) is 11.1. The van der Waals surface area contributed by atoms with E-state index in [4.69, 9.17) is 9.84 Å². The third-order valence-electron chi connectivity index (χ3n) is 2.92. The molecule has 1 aromatic carbocycles. The van der Waals surface area contributed by atoms with Crippen molar-refractivity contribution in [3.05, 3.63) is 60.0 Å². The number of carbonyl (C=O) groups is 1.